The molecule has 0 aromatic rings. The van der Waals surface area contributed by atoms with Crippen LogP contribution in [0.1, 0.15) is 0 Å². The summed E-state index contributed by atoms with van der Waals surface area (Å²) in [6, 6.07) is 0. The zero-order chi connectivity index (χ0) is 0. The monoisotopic (exact) mass is 209 g/mol. The Hall–Kier alpha value is 2.45. The fraction of sp³-hybridized carbons (Fsp3) is 0. The zero-order valence-electron chi connectivity index (χ0n) is 3.55. The summed E-state index contributed by atoms with van der Waals surface area (Å²) in [5.41, 5.74) is 0. The average molecular weight is 212 g/mol. The second-order valence-corrected chi connectivity index (χ2v) is 0. The van der Waals surface area contributed by atoms with Crippen molar-refractivity contribution >= 4 is 0 Å². The van der Waals surface area contributed by atoms with Gasteiger partial charge in [0, 0.05) is 0 Å². The van der Waals surface area contributed by atoms with Crippen LogP contribution in [0.3, 0.4) is 0 Å². The van der Waals surface area contributed by atoms with Crippen molar-refractivity contribution in [1.82, 2.24) is 6.15 Å². The first-order valence-electron chi connectivity index (χ1n) is 0. The van der Waals surface area contributed by atoms with E-state index in [4.69, 9.17) is 0 Å². The molecule has 3 N–H and O–H groups in total. The fourth-order valence-corrected chi connectivity index (χ4v) is 0. The largest absolute Gasteiger partial charge is 2.00 e. The molecule has 0 aromatic heterocycles. The third-order valence-corrected chi connectivity index (χ3v) is 0. The summed E-state index contributed by atoms with van der Waals surface area (Å²) in [7, 11) is 0. The molecule has 0 aliphatic rings. The van der Waals surface area contributed by atoms with Gasteiger partial charge in [-0.05, 0) is 0 Å². The van der Waals surface area contributed by atoms with E-state index in [0.717, 1.165) is 0 Å². The molecule has 6 heteroatoms. The standard InChI is InChI=1S/3ClH.H3N.Na.Zn/h3*1H;1H3;;/q;;;;+1;+2/p-3. The smallest absolute Gasteiger partial charge is 1.00 e. The van der Waals surface area contributed by atoms with E-state index < -0.39 is 0 Å². The van der Waals surface area contributed by atoms with Crippen LogP contribution in [0.5, 0.6) is 0 Å². The molecule has 0 aromatic carbocycles. The van der Waals surface area contributed by atoms with Gasteiger partial charge >= 0.3 is 49.0 Å². The molecule has 6 heavy (non-hydrogen) atoms. The van der Waals surface area contributed by atoms with Crippen LogP contribution >= 0.6 is 0 Å². The van der Waals surface area contributed by atoms with E-state index in [1.165, 1.54) is 0 Å². The van der Waals surface area contributed by atoms with Crippen LogP contribution in [-0.4, -0.2) is 0 Å². The van der Waals surface area contributed by atoms with Gasteiger partial charge in [0.15, 0.2) is 0 Å². The van der Waals surface area contributed by atoms with E-state index >= 15 is 0 Å². The predicted molar refractivity (Wildman–Crippen MR) is 5.02 cm³/mol. The molecule has 0 saturated heterocycles. The topological polar surface area (TPSA) is 35.0 Å². The van der Waals surface area contributed by atoms with Gasteiger partial charge in [0.25, 0.3) is 0 Å². The number of hydrogen-bond donors (Lipinski definition) is 1. The van der Waals surface area contributed by atoms with Gasteiger partial charge in [-0.25, -0.2) is 0 Å². The average Bonchev–Trinajstić information content (AvgIpc) is 0. The second-order valence-electron chi connectivity index (χ2n) is 0. The van der Waals surface area contributed by atoms with Gasteiger partial charge in [-0.15, -0.1) is 0 Å². The minimum Gasteiger partial charge on any atom is -1.00 e. The Labute approximate surface area is 91.3 Å². The van der Waals surface area contributed by atoms with Gasteiger partial charge in [-0.1, -0.05) is 0 Å². The first-order chi connectivity index (χ1) is 0. The Morgan fingerprint density at radius 1 is 0.667 bits per heavy atom. The molecular formula is H3Cl3NNaZn. The predicted octanol–water partition coefficient (Wildman–Crippen LogP) is -11.8. The molecule has 0 bridgehead atoms. The Bertz CT molecular complexity index is 10.8. The molecular weight excluding hydrogens is 209 g/mol. The Balaban J connectivity index is 0. The Kier molecular flexibility index (Phi) is 671. The fourth-order valence-electron chi connectivity index (χ4n) is 0. The summed E-state index contributed by atoms with van der Waals surface area (Å²) in [4.78, 5) is 0. The van der Waals surface area contributed by atoms with Crippen molar-refractivity contribution in [2.75, 3.05) is 0 Å². The van der Waals surface area contributed by atoms with Gasteiger partial charge < -0.3 is 43.4 Å². The molecule has 0 aliphatic carbocycles. The molecule has 0 radical (unpaired) electrons. The van der Waals surface area contributed by atoms with Crippen molar-refractivity contribution in [2.45, 2.75) is 0 Å². The normalized spacial score (nSPS) is 0. The molecule has 0 spiro atoms. The summed E-state index contributed by atoms with van der Waals surface area (Å²) >= 11 is 0. The molecule has 0 aliphatic heterocycles. The maximum absolute atomic E-state index is 0. The number of hydrogen-bond acceptors (Lipinski definition) is 1. The van der Waals surface area contributed by atoms with Crippen LogP contribution < -0.4 is 72.9 Å². The van der Waals surface area contributed by atoms with E-state index in [9.17, 15) is 0 Å². The third-order valence-electron chi connectivity index (χ3n) is 0. The van der Waals surface area contributed by atoms with Gasteiger partial charge in [0.2, 0.25) is 0 Å². The second kappa shape index (κ2) is 51.6. The van der Waals surface area contributed by atoms with Gasteiger partial charge in [-0.2, -0.15) is 0 Å². The molecule has 1 nitrogen and oxygen atoms in total. The van der Waals surface area contributed by atoms with Crippen molar-refractivity contribution in [3.05, 3.63) is 0 Å². The molecule has 0 fully saturated rings. The Morgan fingerprint density at radius 3 is 0.667 bits per heavy atom. The summed E-state index contributed by atoms with van der Waals surface area (Å²) in [6.07, 6.45) is 0. The van der Waals surface area contributed by atoms with E-state index in [2.05, 4.69) is 0 Å². The SMILES string of the molecule is N.[Cl-].[Cl-].[Cl-].[Na+].[Zn+2]. The van der Waals surface area contributed by atoms with Crippen molar-refractivity contribution in [3.8, 4) is 0 Å². The van der Waals surface area contributed by atoms with Gasteiger partial charge in [-0.3, -0.25) is 0 Å². The molecule has 0 amide bonds. The van der Waals surface area contributed by atoms with E-state index in [0.29, 0.717) is 0 Å². The van der Waals surface area contributed by atoms with Crippen molar-refractivity contribution < 1.29 is 86.3 Å². The molecule has 0 rings (SSSR count). The van der Waals surface area contributed by atoms with Crippen molar-refractivity contribution in [2.24, 2.45) is 0 Å². The molecule has 0 atom stereocenters. The summed E-state index contributed by atoms with van der Waals surface area (Å²) < 4.78 is 0. The molecule has 0 saturated carbocycles. The van der Waals surface area contributed by atoms with E-state index in [1.54, 1.807) is 0 Å². The number of rotatable bonds is 0. The van der Waals surface area contributed by atoms with E-state index in [-0.39, 0.29) is 92.4 Å². The summed E-state index contributed by atoms with van der Waals surface area (Å²) in [5.74, 6) is 0. The van der Waals surface area contributed by atoms with E-state index in [1.807, 2.05) is 0 Å². The van der Waals surface area contributed by atoms with Crippen LogP contribution in [0.25, 0.3) is 0 Å². The van der Waals surface area contributed by atoms with Gasteiger partial charge in [0.05, 0.1) is 0 Å². The van der Waals surface area contributed by atoms with Crippen LogP contribution in [-0.2, 0) is 19.5 Å². The van der Waals surface area contributed by atoms with Crippen molar-refractivity contribution in [1.29, 1.82) is 0 Å². The quantitative estimate of drug-likeness (QED) is 0.397. The summed E-state index contributed by atoms with van der Waals surface area (Å²) in [6.45, 7) is 0. The summed E-state index contributed by atoms with van der Waals surface area (Å²) in [5, 5.41) is 0. The van der Waals surface area contributed by atoms with Crippen LogP contribution in [0, 0.1) is 0 Å². The van der Waals surface area contributed by atoms with Gasteiger partial charge in [0.1, 0.15) is 0 Å². The first kappa shape index (κ1) is 78.0. The molecule has 0 heterocycles. The third kappa shape index (κ3) is 31.9. The van der Waals surface area contributed by atoms with Crippen LogP contribution in [0.4, 0.5) is 0 Å². The first-order valence-corrected chi connectivity index (χ1v) is 0. The van der Waals surface area contributed by atoms with Crippen LogP contribution in [0.15, 0.2) is 0 Å². The maximum atomic E-state index is 0. The Morgan fingerprint density at radius 2 is 0.667 bits per heavy atom. The zero-order valence-corrected chi connectivity index (χ0v) is 10.8. The minimum absolute atomic E-state index is 0. The minimum atomic E-state index is 0. The number of halogens is 3. The maximum Gasteiger partial charge on any atom is 2.00 e. The molecule has 32 valence electrons. The molecule has 0 unspecified atom stereocenters. The van der Waals surface area contributed by atoms with Crippen LogP contribution in [0.2, 0.25) is 0 Å². The van der Waals surface area contributed by atoms with Crippen molar-refractivity contribution in [3.63, 3.8) is 0 Å².